The number of rotatable bonds is 10. The Morgan fingerprint density at radius 1 is 1.13 bits per heavy atom. The maximum absolute atomic E-state index is 12.2. The third-order valence-electron chi connectivity index (χ3n) is 6.19. The topological polar surface area (TPSA) is 67.9 Å². The zero-order valence-corrected chi connectivity index (χ0v) is 19.1. The summed E-state index contributed by atoms with van der Waals surface area (Å²) in [4.78, 5) is 2.47. The number of piperidine rings is 1. The zero-order valence-electron chi connectivity index (χ0n) is 18.3. The molecule has 30 heavy (non-hydrogen) atoms. The normalized spacial score (nSPS) is 24.6. The van der Waals surface area contributed by atoms with Gasteiger partial charge in [-0.05, 0) is 55.5 Å². The standard InChI is InChI=1S/C23H34N2O4S/c1-23-11-14-25(17-20(23)15-21(28-2)22(16-23)29-3)13-8-7-12-24-30(26,27)18-19-9-5-4-6-10-19/h4-6,9-10,15-16,20,24H,7-8,11-14,17-18H2,1-3H3. The second-order valence-electron chi connectivity index (χ2n) is 8.46. The molecule has 1 aromatic rings. The van der Waals surface area contributed by atoms with Crippen molar-refractivity contribution in [2.75, 3.05) is 40.4 Å². The summed E-state index contributed by atoms with van der Waals surface area (Å²) < 4.78 is 38.1. The molecule has 2 unspecified atom stereocenters. The first-order chi connectivity index (χ1) is 14.3. The van der Waals surface area contributed by atoms with E-state index in [-0.39, 0.29) is 11.2 Å². The molecule has 7 heteroatoms. The van der Waals surface area contributed by atoms with Crippen molar-refractivity contribution in [2.45, 2.75) is 31.9 Å². The summed E-state index contributed by atoms with van der Waals surface area (Å²) in [5.74, 6) is 2.07. The van der Waals surface area contributed by atoms with Gasteiger partial charge in [0.15, 0.2) is 11.5 Å². The van der Waals surface area contributed by atoms with Gasteiger partial charge in [-0.1, -0.05) is 37.3 Å². The number of allylic oxidation sites excluding steroid dienone is 1. The van der Waals surface area contributed by atoms with Crippen LogP contribution in [-0.2, 0) is 25.2 Å². The van der Waals surface area contributed by atoms with E-state index in [0.29, 0.717) is 12.5 Å². The van der Waals surface area contributed by atoms with Gasteiger partial charge in [-0.25, -0.2) is 13.1 Å². The summed E-state index contributed by atoms with van der Waals surface area (Å²) in [5.41, 5.74) is 0.903. The van der Waals surface area contributed by atoms with Crippen LogP contribution in [0.4, 0.5) is 0 Å². The SMILES string of the molecule is COC1=CC2CN(CCCCNS(=O)(=O)Cc3ccccc3)CCC2(C)C=C1OC. The van der Waals surface area contributed by atoms with Crippen molar-refractivity contribution in [2.24, 2.45) is 11.3 Å². The van der Waals surface area contributed by atoms with E-state index in [1.54, 1.807) is 14.2 Å². The van der Waals surface area contributed by atoms with Crippen LogP contribution >= 0.6 is 0 Å². The molecule has 1 fully saturated rings. The average molecular weight is 435 g/mol. The molecule has 6 nitrogen and oxygen atoms in total. The number of sulfonamides is 1. The van der Waals surface area contributed by atoms with Crippen LogP contribution in [0.15, 0.2) is 54.0 Å². The lowest BCUT2D eigenvalue weighted by Gasteiger charge is -2.45. The number of likely N-dealkylation sites (tertiary alicyclic amines) is 1. The number of methoxy groups -OCH3 is 2. The molecular formula is C23H34N2O4S. The fraction of sp³-hybridized carbons (Fsp3) is 0.565. The maximum atomic E-state index is 12.2. The quantitative estimate of drug-likeness (QED) is 0.573. The van der Waals surface area contributed by atoms with Crippen LogP contribution in [-0.4, -0.2) is 53.7 Å². The van der Waals surface area contributed by atoms with Gasteiger partial charge in [-0.3, -0.25) is 0 Å². The van der Waals surface area contributed by atoms with Crippen molar-refractivity contribution in [3.8, 4) is 0 Å². The Labute approximate surface area is 181 Å². The Bertz CT molecular complexity index is 866. The summed E-state index contributed by atoms with van der Waals surface area (Å²) in [6, 6.07) is 9.28. The first-order valence-corrected chi connectivity index (χ1v) is 12.3. The van der Waals surface area contributed by atoms with Crippen LogP contribution in [0.3, 0.4) is 0 Å². The predicted octanol–water partition coefficient (Wildman–Crippen LogP) is 3.29. The van der Waals surface area contributed by atoms with Gasteiger partial charge in [0.1, 0.15) is 0 Å². The van der Waals surface area contributed by atoms with Crippen molar-refractivity contribution >= 4 is 10.0 Å². The van der Waals surface area contributed by atoms with Crippen LogP contribution in [0.1, 0.15) is 31.7 Å². The third-order valence-corrected chi connectivity index (χ3v) is 7.54. The van der Waals surface area contributed by atoms with E-state index in [0.717, 1.165) is 56.0 Å². The minimum atomic E-state index is -3.28. The number of unbranched alkanes of at least 4 members (excludes halogenated alkanes) is 1. The van der Waals surface area contributed by atoms with Gasteiger partial charge < -0.3 is 14.4 Å². The Kier molecular flexibility index (Phi) is 7.60. The number of benzene rings is 1. The van der Waals surface area contributed by atoms with E-state index in [1.807, 2.05) is 30.3 Å². The average Bonchev–Trinajstić information content (AvgIpc) is 2.73. The van der Waals surface area contributed by atoms with E-state index in [4.69, 9.17) is 9.47 Å². The number of nitrogens with one attached hydrogen (secondary N) is 1. The third kappa shape index (κ3) is 5.86. The van der Waals surface area contributed by atoms with Gasteiger partial charge in [0, 0.05) is 19.0 Å². The number of ether oxygens (including phenoxy) is 2. The minimum Gasteiger partial charge on any atom is -0.493 e. The molecule has 0 radical (unpaired) electrons. The van der Waals surface area contributed by atoms with Gasteiger partial charge in [-0.2, -0.15) is 0 Å². The zero-order chi connectivity index (χ0) is 21.6. The molecule has 1 aliphatic heterocycles. The van der Waals surface area contributed by atoms with Gasteiger partial charge in [0.05, 0.1) is 20.0 Å². The molecule has 0 aromatic heterocycles. The molecular weight excluding hydrogens is 400 g/mol. The van der Waals surface area contributed by atoms with E-state index in [1.165, 1.54) is 0 Å². The molecule has 0 bridgehead atoms. The molecule has 1 saturated heterocycles. The van der Waals surface area contributed by atoms with E-state index < -0.39 is 10.0 Å². The monoisotopic (exact) mass is 434 g/mol. The Morgan fingerprint density at radius 2 is 1.87 bits per heavy atom. The Hall–Kier alpha value is -1.83. The lowest BCUT2D eigenvalue weighted by molar-refractivity contribution is 0.0903. The smallest absolute Gasteiger partial charge is 0.215 e. The van der Waals surface area contributed by atoms with Crippen LogP contribution < -0.4 is 4.72 Å². The molecule has 0 amide bonds. The number of hydrogen-bond donors (Lipinski definition) is 1. The van der Waals surface area contributed by atoms with Gasteiger partial charge >= 0.3 is 0 Å². The summed E-state index contributed by atoms with van der Waals surface area (Å²) in [7, 11) is 0.0831. The van der Waals surface area contributed by atoms with Crippen molar-refractivity contribution < 1.29 is 17.9 Å². The van der Waals surface area contributed by atoms with Gasteiger partial charge in [-0.15, -0.1) is 0 Å². The highest BCUT2D eigenvalue weighted by Crippen LogP contribution is 2.44. The molecule has 1 aliphatic carbocycles. The fourth-order valence-electron chi connectivity index (χ4n) is 4.28. The molecule has 3 rings (SSSR count). The van der Waals surface area contributed by atoms with Crippen molar-refractivity contribution in [1.82, 2.24) is 9.62 Å². The summed E-state index contributed by atoms with van der Waals surface area (Å²) in [6.07, 6.45) is 7.29. The molecule has 166 valence electrons. The van der Waals surface area contributed by atoms with E-state index in [9.17, 15) is 8.42 Å². The summed E-state index contributed by atoms with van der Waals surface area (Å²) in [6.45, 7) is 5.77. The Morgan fingerprint density at radius 3 is 2.57 bits per heavy atom. The number of nitrogens with zero attached hydrogens (tertiary/aromatic N) is 1. The first kappa shape index (κ1) is 22.8. The van der Waals surface area contributed by atoms with E-state index >= 15 is 0 Å². The molecule has 2 atom stereocenters. The summed E-state index contributed by atoms with van der Waals surface area (Å²) in [5, 5.41) is 0. The van der Waals surface area contributed by atoms with Gasteiger partial charge in [0.2, 0.25) is 10.0 Å². The fourth-order valence-corrected chi connectivity index (χ4v) is 5.47. The minimum absolute atomic E-state index is 0.0331. The maximum Gasteiger partial charge on any atom is 0.215 e. The molecule has 0 saturated carbocycles. The second-order valence-corrected chi connectivity index (χ2v) is 10.3. The molecule has 1 N–H and O–H groups in total. The first-order valence-electron chi connectivity index (χ1n) is 10.6. The van der Waals surface area contributed by atoms with Crippen molar-refractivity contribution in [3.05, 3.63) is 59.6 Å². The number of fused-ring (bicyclic) bond motifs is 1. The molecule has 1 heterocycles. The Balaban J connectivity index is 1.41. The van der Waals surface area contributed by atoms with E-state index in [2.05, 4.69) is 28.7 Å². The van der Waals surface area contributed by atoms with Crippen molar-refractivity contribution in [3.63, 3.8) is 0 Å². The lowest BCUT2D eigenvalue weighted by Crippen LogP contribution is -2.46. The second kappa shape index (κ2) is 9.98. The van der Waals surface area contributed by atoms with Crippen LogP contribution in [0.2, 0.25) is 0 Å². The molecule has 2 aliphatic rings. The van der Waals surface area contributed by atoms with Crippen LogP contribution in [0.5, 0.6) is 0 Å². The molecule has 0 spiro atoms. The van der Waals surface area contributed by atoms with Gasteiger partial charge in [0.25, 0.3) is 0 Å². The van der Waals surface area contributed by atoms with Crippen LogP contribution in [0.25, 0.3) is 0 Å². The van der Waals surface area contributed by atoms with Crippen LogP contribution in [0, 0.1) is 11.3 Å². The van der Waals surface area contributed by atoms with Crippen molar-refractivity contribution in [1.29, 1.82) is 0 Å². The highest BCUT2D eigenvalue weighted by atomic mass is 32.2. The lowest BCUT2D eigenvalue weighted by atomic mass is 9.69. The predicted molar refractivity (Wildman–Crippen MR) is 119 cm³/mol. The highest BCUT2D eigenvalue weighted by Gasteiger charge is 2.40. The highest BCUT2D eigenvalue weighted by molar-refractivity contribution is 7.88. The number of hydrogen-bond acceptors (Lipinski definition) is 5. The largest absolute Gasteiger partial charge is 0.493 e. The summed E-state index contributed by atoms with van der Waals surface area (Å²) >= 11 is 0. The molecule has 1 aromatic carbocycles.